The molecule has 0 bridgehead atoms. The zero-order chi connectivity index (χ0) is 16.4. The van der Waals surface area contributed by atoms with Gasteiger partial charge in [0.25, 0.3) is 0 Å². The number of fused-ring (bicyclic) bond motifs is 1. The number of ether oxygens (including phenoxy) is 1. The molecule has 0 N–H and O–H groups in total. The quantitative estimate of drug-likeness (QED) is 0.688. The van der Waals surface area contributed by atoms with E-state index >= 15 is 0 Å². The van der Waals surface area contributed by atoms with Crippen molar-refractivity contribution < 1.29 is 9.53 Å². The van der Waals surface area contributed by atoms with Gasteiger partial charge in [0, 0.05) is 0 Å². The molecule has 0 aliphatic heterocycles. The summed E-state index contributed by atoms with van der Waals surface area (Å²) in [4.78, 5) is 21.1. The molecule has 116 valence electrons. The maximum atomic E-state index is 12.2. The fraction of sp³-hybridized carbons (Fsp3) is 0.211. The molecule has 3 rings (SSSR count). The second-order valence-corrected chi connectivity index (χ2v) is 5.66. The van der Waals surface area contributed by atoms with E-state index in [9.17, 15) is 4.79 Å². The molecular formula is C19H18N2O2. The number of rotatable bonds is 3. The normalized spacial score (nSPS) is 10.7. The summed E-state index contributed by atoms with van der Waals surface area (Å²) in [5, 5.41) is 0. The van der Waals surface area contributed by atoms with Crippen LogP contribution in [0.2, 0.25) is 0 Å². The van der Waals surface area contributed by atoms with Gasteiger partial charge in [-0.25, -0.2) is 14.8 Å². The van der Waals surface area contributed by atoms with Gasteiger partial charge in [-0.15, -0.1) is 0 Å². The monoisotopic (exact) mass is 306 g/mol. The minimum atomic E-state index is -0.354. The van der Waals surface area contributed by atoms with Crippen molar-refractivity contribution in [3.8, 4) is 0 Å². The Morgan fingerprint density at radius 3 is 2.26 bits per heavy atom. The molecule has 0 fully saturated rings. The smallest absolute Gasteiger partial charge is 0.338 e. The van der Waals surface area contributed by atoms with E-state index in [2.05, 4.69) is 9.97 Å². The van der Waals surface area contributed by atoms with E-state index in [1.807, 2.05) is 45.0 Å². The number of nitrogens with zero attached hydrogens (tertiary/aromatic N) is 2. The summed E-state index contributed by atoms with van der Waals surface area (Å²) in [7, 11) is 0. The van der Waals surface area contributed by atoms with Crippen molar-refractivity contribution >= 4 is 17.0 Å². The average Bonchev–Trinajstić information content (AvgIpc) is 2.54. The topological polar surface area (TPSA) is 52.1 Å². The second-order valence-electron chi connectivity index (χ2n) is 5.66. The lowest BCUT2D eigenvalue weighted by molar-refractivity contribution is 0.0473. The Morgan fingerprint density at radius 2 is 1.57 bits per heavy atom. The van der Waals surface area contributed by atoms with Crippen LogP contribution in [0.3, 0.4) is 0 Å². The van der Waals surface area contributed by atoms with Crippen molar-refractivity contribution in [1.82, 2.24) is 9.97 Å². The van der Waals surface area contributed by atoms with E-state index in [0.717, 1.165) is 22.5 Å². The molecule has 0 saturated heterocycles. The molecule has 2 aromatic carbocycles. The first-order valence-corrected chi connectivity index (χ1v) is 7.50. The number of aryl methyl sites for hydroxylation is 3. The SMILES string of the molecule is Cc1ccc(COC(=O)c2ccc3nc(C)c(C)nc3c2)cc1. The van der Waals surface area contributed by atoms with Crippen molar-refractivity contribution in [3.63, 3.8) is 0 Å². The largest absolute Gasteiger partial charge is 0.457 e. The third kappa shape index (κ3) is 3.37. The van der Waals surface area contributed by atoms with Crippen LogP contribution in [0.5, 0.6) is 0 Å². The van der Waals surface area contributed by atoms with Crippen LogP contribution < -0.4 is 0 Å². The Bertz CT molecular complexity index is 870. The van der Waals surface area contributed by atoms with Crippen LogP contribution in [0.4, 0.5) is 0 Å². The molecule has 1 aromatic heterocycles. The molecular weight excluding hydrogens is 288 g/mol. The molecule has 0 amide bonds. The summed E-state index contributed by atoms with van der Waals surface area (Å²) in [5.41, 5.74) is 5.88. The summed E-state index contributed by atoms with van der Waals surface area (Å²) in [6.07, 6.45) is 0. The lowest BCUT2D eigenvalue weighted by Gasteiger charge is -2.07. The molecule has 4 heteroatoms. The van der Waals surface area contributed by atoms with Gasteiger partial charge in [-0.3, -0.25) is 0 Å². The average molecular weight is 306 g/mol. The van der Waals surface area contributed by atoms with Crippen LogP contribution in [-0.2, 0) is 11.3 Å². The number of esters is 1. The Labute approximate surface area is 135 Å². The predicted octanol–water partition coefficient (Wildman–Crippen LogP) is 3.91. The molecule has 1 heterocycles. The highest BCUT2D eigenvalue weighted by Crippen LogP contribution is 2.16. The fourth-order valence-electron chi connectivity index (χ4n) is 2.27. The maximum Gasteiger partial charge on any atom is 0.338 e. The number of benzene rings is 2. The van der Waals surface area contributed by atoms with Crippen molar-refractivity contribution in [2.24, 2.45) is 0 Å². The van der Waals surface area contributed by atoms with Crippen molar-refractivity contribution in [2.75, 3.05) is 0 Å². The minimum Gasteiger partial charge on any atom is -0.457 e. The van der Waals surface area contributed by atoms with Gasteiger partial charge in [-0.1, -0.05) is 29.8 Å². The Balaban J connectivity index is 1.77. The summed E-state index contributed by atoms with van der Waals surface area (Å²) in [6, 6.07) is 13.2. The Morgan fingerprint density at radius 1 is 0.913 bits per heavy atom. The standard InChI is InChI=1S/C19H18N2O2/c1-12-4-6-15(7-5-12)11-23-19(22)16-8-9-17-18(10-16)21-14(3)13(2)20-17/h4-10H,11H2,1-3H3. The third-order valence-electron chi connectivity index (χ3n) is 3.80. The lowest BCUT2D eigenvalue weighted by Crippen LogP contribution is -2.06. The first-order valence-electron chi connectivity index (χ1n) is 7.50. The van der Waals surface area contributed by atoms with Crippen molar-refractivity contribution in [2.45, 2.75) is 27.4 Å². The van der Waals surface area contributed by atoms with Gasteiger partial charge >= 0.3 is 5.97 Å². The van der Waals surface area contributed by atoms with E-state index in [-0.39, 0.29) is 12.6 Å². The number of carbonyl (C=O) groups is 1. The zero-order valence-corrected chi connectivity index (χ0v) is 13.5. The molecule has 0 unspecified atom stereocenters. The second kappa shape index (κ2) is 6.16. The summed E-state index contributed by atoms with van der Waals surface area (Å²) < 4.78 is 5.37. The van der Waals surface area contributed by atoms with Crippen LogP contribution in [0.15, 0.2) is 42.5 Å². The number of hydrogen-bond donors (Lipinski definition) is 0. The fourth-order valence-corrected chi connectivity index (χ4v) is 2.27. The van der Waals surface area contributed by atoms with E-state index < -0.39 is 0 Å². The molecule has 0 radical (unpaired) electrons. The third-order valence-corrected chi connectivity index (χ3v) is 3.80. The van der Waals surface area contributed by atoms with Crippen LogP contribution in [0.25, 0.3) is 11.0 Å². The van der Waals surface area contributed by atoms with E-state index in [4.69, 9.17) is 4.74 Å². The van der Waals surface area contributed by atoms with Gasteiger partial charge in [0.1, 0.15) is 6.61 Å². The van der Waals surface area contributed by atoms with Gasteiger partial charge in [-0.05, 0) is 44.5 Å². The summed E-state index contributed by atoms with van der Waals surface area (Å²) in [5.74, 6) is -0.354. The molecule has 4 nitrogen and oxygen atoms in total. The molecule has 23 heavy (non-hydrogen) atoms. The van der Waals surface area contributed by atoms with E-state index in [0.29, 0.717) is 11.1 Å². The minimum absolute atomic E-state index is 0.260. The molecule has 3 aromatic rings. The number of hydrogen-bond acceptors (Lipinski definition) is 4. The van der Waals surface area contributed by atoms with Crippen LogP contribution in [0.1, 0.15) is 32.9 Å². The highest BCUT2D eigenvalue weighted by Gasteiger charge is 2.10. The molecule has 0 atom stereocenters. The lowest BCUT2D eigenvalue weighted by atomic mass is 10.1. The highest BCUT2D eigenvalue weighted by atomic mass is 16.5. The number of carbonyl (C=O) groups excluding carboxylic acids is 1. The van der Waals surface area contributed by atoms with Crippen LogP contribution in [-0.4, -0.2) is 15.9 Å². The highest BCUT2D eigenvalue weighted by molar-refractivity contribution is 5.93. The van der Waals surface area contributed by atoms with Crippen molar-refractivity contribution in [1.29, 1.82) is 0 Å². The van der Waals surface area contributed by atoms with Gasteiger partial charge in [-0.2, -0.15) is 0 Å². The van der Waals surface area contributed by atoms with Gasteiger partial charge in [0.15, 0.2) is 0 Å². The molecule has 0 saturated carbocycles. The summed E-state index contributed by atoms with van der Waals surface area (Å²) >= 11 is 0. The molecule has 0 aliphatic carbocycles. The van der Waals surface area contributed by atoms with Gasteiger partial charge in [0.05, 0.1) is 28.0 Å². The van der Waals surface area contributed by atoms with Gasteiger partial charge in [0.2, 0.25) is 0 Å². The van der Waals surface area contributed by atoms with Crippen LogP contribution in [0, 0.1) is 20.8 Å². The predicted molar refractivity (Wildman–Crippen MR) is 89.3 cm³/mol. The molecule has 0 spiro atoms. The maximum absolute atomic E-state index is 12.2. The Hall–Kier alpha value is -2.75. The van der Waals surface area contributed by atoms with Crippen molar-refractivity contribution in [3.05, 3.63) is 70.5 Å². The molecule has 0 aliphatic rings. The van der Waals surface area contributed by atoms with E-state index in [1.165, 1.54) is 5.56 Å². The zero-order valence-electron chi connectivity index (χ0n) is 13.5. The summed E-state index contributed by atoms with van der Waals surface area (Å²) in [6.45, 7) is 6.11. The first kappa shape index (κ1) is 15.2. The number of aromatic nitrogens is 2. The first-order chi connectivity index (χ1) is 11.0. The van der Waals surface area contributed by atoms with E-state index in [1.54, 1.807) is 18.2 Å². The van der Waals surface area contributed by atoms with Gasteiger partial charge < -0.3 is 4.74 Å². The van der Waals surface area contributed by atoms with Crippen LogP contribution >= 0.6 is 0 Å². The Kier molecular flexibility index (Phi) is 4.06.